The quantitative estimate of drug-likeness (QED) is 0.878. The summed E-state index contributed by atoms with van der Waals surface area (Å²) < 4.78 is 2.26. The van der Waals surface area contributed by atoms with E-state index < -0.39 is 0 Å². The lowest BCUT2D eigenvalue weighted by molar-refractivity contribution is 0.133. The van der Waals surface area contributed by atoms with Crippen molar-refractivity contribution in [2.24, 2.45) is 5.92 Å². The molecule has 18 heavy (non-hydrogen) atoms. The predicted molar refractivity (Wildman–Crippen MR) is 72.4 cm³/mol. The van der Waals surface area contributed by atoms with Crippen molar-refractivity contribution >= 4 is 6.03 Å². The third-order valence-corrected chi connectivity index (χ3v) is 3.50. The molecule has 0 spiro atoms. The van der Waals surface area contributed by atoms with Gasteiger partial charge in [-0.15, -0.1) is 0 Å². The van der Waals surface area contributed by atoms with E-state index >= 15 is 0 Å². The topological polar surface area (TPSA) is 37.3 Å². The number of nitrogens with zero attached hydrogens (tertiary/aromatic N) is 2. The highest BCUT2D eigenvalue weighted by atomic mass is 16.2. The van der Waals surface area contributed by atoms with Crippen LogP contribution in [0.4, 0.5) is 4.79 Å². The van der Waals surface area contributed by atoms with E-state index in [1.165, 1.54) is 5.69 Å². The third-order valence-electron chi connectivity index (χ3n) is 3.50. The Morgan fingerprint density at radius 3 is 2.94 bits per heavy atom. The van der Waals surface area contributed by atoms with Crippen molar-refractivity contribution in [1.29, 1.82) is 0 Å². The van der Waals surface area contributed by atoms with E-state index in [2.05, 4.69) is 49.0 Å². The van der Waals surface area contributed by atoms with Crippen LogP contribution in [0.3, 0.4) is 0 Å². The van der Waals surface area contributed by atoms with E-state index in [1.807, 2.05) is 4.90 Å². The lowest BCUT2D eigenvalue weighted by Gasteiger charge is -2.39. The van der Waals surface area contributed by atoms with Crippen LogP contribution >= 0.6 is 0 Å². The fourth-order valence-electron chi connectivity index (χ4n) is 2.68. The number of aromatic nitrogens is 1. The molecule has 1 atom stereocenters. The van der Waals surface area contributed by atoms with E-state index in [0.29, 0.717) is 5.92 Å². The van der Waals surface area contributed by atoms with Crippen LogP contribution < -0.4 is 5.32 Å². The summed E-state index contributed by atoms with van der Waals surface area (Å²) in [6, 6.07) is 4.45. The number of hydrogen-bond acceptors (Lipinski definition) is 1. The van der Waals surface area contributed by atoms with Gasteiger partial charge in [-0.2, -0.15) is 0 Å². The molecule has 4 nitrogen and oxygen atoms in total. The van der Waals surface area contributed by atoms with Crippen LogP contribution in [0, 0.1) is 5.92 Å². The summed E-state index contributed by atoms with van der Waals surface area (Å²) >= 11 is 0. The molecule has 0 saturated heterocycles. The maximum atomic E-state index is 12.2. The molecule has 0 saturated carbocycles. The number of hydrogen-bond donors (Lipinski definition) is 1. The maximum Gasteiger partial charge on any atom is 0.318 e. The van der Waals surface area contributed by atoms with E-state index in [1.54, 1.807) is 0 Å². The molecule has 0 fully saturated rings. The molecule has 1 aliphatic heterocycles. The average Bonchev–Trinajstić information content (AvgIpc) is 2.82. The van der Waals surface area contributed by atoms with Crippen molar-refractivity contribution in [3.8, 4) is 0 Å². The Labute approximate surface area is 109 Å². The number of fused-ring (bicyclic) bond motifs is 1. The van der Waals surface area contributed by atoms with Gasteiger partial charge in [0.15, 0.2) is 0 Å². The second kappa shape index (κ2) is 5.46. The summed E-state index contributed by atoms with van der Waals surface area (Å²) in [4.78, 5) is 14.2. The molecule has 1 aromatic rings. The van der Waals surface area contributed by atoms with E-state index in [4.69, 9.17) is 0 Å². The van der Waals surface area contributed by atoms with Crippen molar-refractivity contribution in [3.05, 3.63) is 24.0 Å². The zero-order valence-electron chi connectivity index (χ0n) is 11.5. The standard InChI is InChI=1S/C14H23N3O/c1-4-7-15-14(18)17-10-9-16-8-5-6-12(16)13(17)11(2)3/h5-6,8,11,13H,4,7,9-10H2,1-3H3,(H,15,18)/t13-/m0/s1. The highest BCUT2D eigenvalue weighted by molar-refractivity contribution is 5.74. The minimum absolute atomic E-state index is 0.0722. The summed E-state index contributed by atoms with van der Waals surface area (Å²) in [6.45, 7) is 8.86. The number of amides is 2. The summed E-state index contributed by atoms with van der Waals surface area (Å²) in [5, 5.41) is 2.99. The fourth-order valence-corrected chi connectivity index (χ4v) is 2.68. The predicted octanol–water partition coefficient (Wildman–Crippen LogP) is 2.62. The van der Waals surface area contributed by atoms with Gasteiger partial charge in [0.25, 0.3) is 0 Å². The summed E-state index contributed by atoms with van der Waals surface area (Å²) in [7, 11) is 0. The third kappa shape index (κ3) is 2.37. The van der Waals surface area contributed by atoms with Crippen LogP contribution in [0.15, 0.2) is 18.3 Å². The maximum absolute atomic E-state index is 12.2. The molecule has 1 N–H and O–H groups in total. The van der Waals surface area contributed by atoms with E-state index in [-0.39, 0.29) is 12.1 Å². The molecule has 0 aromatic carbocycles. The minimum atomic E-state index is 0.0722. The van der Waals surface area contributed by atoms with Crippen molar-refractivity contribution in [2.45, 2.75) is 39.8 Å². The van der Waals surface area contributed by atoms with Gasteiger partial charge < -0.3 is 14.8 Å². The average molecular weight is 249 g/mol. The van der Waals surface area contributed by atoms with Crippen LogP contribution in [0.1, 0.15) is 38.9 Å². The van der Waals surface area contributed by atoms with Crippen molar-refractivity contribution in [2.75, 3.05) is 13.1 Å². The zero-order chi connectivity index (χ0) is 13.1. The Balaban J connectivity index is 2.19. The fraction of sp³-hybridized carbons (Fsp3) is 0.643. The molecule has 4 heteroatoms. The monoisotopic (exact) mass is 249 g/mol. The van der Waals surface area contributed by atoms with Gasteiger partial charge in [0.05, 0.1) is 6.04 Å². The van der Waals surface area contributed by atoms with Gasteiger partial charge in [-0.05, 0) is 24.5 Å². The van der Waals surface area contributed by atoms with Crippen molar-refractivity contribution < 1.29 is 4.79 Å². The highest BCUT2D eigenvalue weighted by Gasteiger charge is 2.32. The molecule has 100 valence electrons. The smallest absolute Gasteiger partial charge is 0.318 e. The van der Waals surface area contributed by atoms with Crippen molar-refractivity contribution in [1.82, 2.24) is 14.8 Å². The normalized spacial score (nSPS) is 18.9. The molecular weight excluding hydrogens is 226 g/mol. The van der Waals surface area contributed by atoms with E-state index in [9.17, 15) is 4.79 Å². The lowest BCUT2D eigenvalue weighted by atomic mass is 9.97. The number of urea groups is 1. The molecule has 2 rings (SSSR count). The second-order valence-electron chi connectivity index (χ2n) is 5.24. The first-order valence-corrected chi connectivity index (χ1v) is 6.84. The largest absolute Gasteiger partial charge is 0.348 e. The minimum Gasteiger partial charge on any atom is -0.348 e. The van der Waals surface area contributed by atoms with Gasteiger partial charge in [-0.3, -0.25) is 0 Å². The van der Waals surface area contributed by atoms with Gasteiger partial charge >= 0.3 is 6.03 Å². The first kappa shape index (κ1) is 13.0. The van der Waals surface area contributed by atoms with E-state index in [0.717, 1.165) is 26.1 Å². The Hall–Kier alpha value is -1.45. The molecule has 1 aromatic heterocycles. The Morgan fingerprint density at radius 2 is 2.28 bits per heavy atom. The summed E-state index contributed by atoms with van der Waals surface area (Å²) in [6.07, 6.45) is 3.08. The molecule has 0 bridgehead atoms. The second-order valence-corrected chi connectivity index (χ2v) is 5.24. The number of carbonyl (C=O) groups is 1. The molecule has 2 amide bonds. The van der Waals surface area contributed by atoms with Gasteiger partial charge in [-0.25, -0.2) is 4.79 Å². The number of nitrogens with one attached hydrogen (secondary N) is 1. The summed E-state index contributed by atoms with van der Waals surface area (Å²) in [5.41, 5.74) is 1.25. The molecule has 0 radical (unpaired) electrons. The first-order chi connectivity index (χ1) is 8.65. The van der Waals surface area contributed by atoms with Gasteiger partial charge in [0.1, 0.15) is 0 Å². The summed E-state index contributed by atoms with van der Waals surface area (Å²) in [5.74, 6) is 0.423. The SMILES string of the molecule is CCCNC(=O)N1CCn2cccc2[C@@H]1C(C)C. The van der Waals surface area contributed by atoms with Crippen molar-refractivity contribution in [3.63, 3.8) is 0 Å². The number of rotatable bonds is 3. The molecule has 2 heterocycles. The Kier molecular flexibility index (Phi) is 3.94. The van der Waals surface area contributed by atoms with Gasteiger partial charge in [-0.1, -0.05) is 20.8 Å². The van der Waals surface area contributed by atoms with Crippen LogP contribution in [-0.4, -0.2) is 28.6 Å². The number of carbonyl (C=O) groups excluding carboxylic acids is 1. The van der Waals surface area contributed by atoms with Crippen LogP contribution in [0.2, 0.25) is 0 Å². The zero-order valence-corrected chi connectivity index (χ0v) is 11.5. The van der Waals surface area contributed by atoms with Crippen LogP contribution in [0.5, 0.6) is 0 Å². The first-order valence-electron chi connectivity index (χ1n) is 6.84. The molecule has 0 aliphatic carbocycles. The lowest BCUT2D eigenvalue weighted by Crippen LogP contribution is -2.48. The highest BCUT2D eigenvalue weighted by Crippen LogP contribution is 2.32. The van der Waals surface area contributed by atoms with Gasteiger partial charge in [0.2, 0.25) is 0 Å². The molecular formula is C14H23N3O. The van der Waals surface area contributed by atoms with Crippen LogP contribution in [-0.2, 0) is 6.54 Å². The Morgan fingerprint density at radius 1 is 1.50 bits per heavy atom. The van der Waals surface area contributed by atoms with Gasteiger partial charge in [0, 0.05) is 31.5 Å². The molecule has 1 aliphatic rings. The molecule has 0 unspecified atom stereocenters. The Bertz CT molecular complexity index is 411. The van der Waals surface area contributed by atoms with Crippen LogP contribution in [0.25, 0.3) is 0 Å².